The van der Waals surface area contributed by atoms with Gasteiger partial charge in [-0.2, -0.15) is 4.68 Å². The molecule has 0 unspecified atom stereocenters. The summed E-state index contributed by atoms with van der Waals surface area (Å²) in [4.78, 5) is 24.4. The van der Waals surface area contributed by atoms with Crippen molar-refractivity contribution in [2.24, 2.45) is 0 Å². The third kappa shape index (κ3) is 4.24. The standard InChI is InChI=1S/C19H15ClFN3O5/c20-13-8-15-16(28-7-1-6-27-15)9-14(13)22-17(25)10-24-19(26)29-18(23-24)11-2-4-12(21)5-3-11/h2-5,8-9H,1,6-7,10H2,(H,22,25). The Bertz CT molecular complexity index is 1110. The van der Waals surface area contributed by atoms with Gasteiger partial charge in [-0.25, -0.2) is 9.18 Å². The molecule has 10 heteroatoms. The van der Waals surface area contributed by atoms with Gasteiger partial charge < -0.3 is 19.2 Å². The summed E-state index contributed by atoms with van der Waals surface area (Å²) in [6.45, 7) is 0.608. The molecule has 0 bridgehead atoms. The highest BCUT2D eigenvalue weighted by Gasteiger charge is 2.17. The van der Waals surface area contributed by atoms with Crippen LogP contribution in [0.2, 0.25) is 5.02 Å². The Morgan fingerprint density at radius 3 is 2.59 bits per heavy atom. The number of carbonyl (C=O) groups excluding carboxylic acids is 1. The third-order valence-corrected chi connectivity index (χ3v) is 4.41. The van der Waals surface area contributed by atoms with Crippen molar-refractivity contribution < 1.29 is 23.1 Å². The van der Waals surface area contributed by atoms with Crippen LogP contribution in [-0.2, 0) is 11.3 Å². The van der Waals surface area contributed by atoms with E-state index in [2.05, 4.69) is 10.4 Å². The first-order valence-corrected chi connectivity index (χ1v) is 9.10. The number of fused-ring (bicyclic) bond motifs is 1. The fourth-order valence-electron chi connectivity index (χ4n) is 2.72. The summed E-state index contributed by atoms with van der Waals surface area (Å²) in [7, 11) is 0. The number of aromatic nitrogens is 2. The summed E-state index contributed by atoms with van der Waals surface area (Å²) in [5.41, 5.74) is 0.727. The smallest absolute Gasteiger partial charge is 0.437 e. The SMILES string of the molecule is O=C(Cn1nc(-c2ccc(F)cc2)oc1=O)Nc1cc2c(cc1Cl)OCCCO2. The van der Waals surface area contributed by atoms with Crippen molar-refractivity contribution in [3.63, 3.8) is 0 Å². The van der Waals surface area contributed by atoms with Crippen LogP contribution >= 0.6 is 11.6 Å². The van der Waals surface area contributed by atoms with Crippen molar-refractivity contribution >= 4 is 23.2 Å². The van der Waals surface area contributed by atoms with Crippen LogP contribution in [0.4, 0.5) is 10.1 Å². The van der Waals surface area contributed by atoms with Crippen LogP contribution in [0.25, 0.3) is 11.5 Å². The van der Waals surface area contributed by atoms with E-state index in [1.807, 2.05) is 0 Å². The maximum Gasteiger partial charge on any atom is 0.437 e. The average Bonchev–Trinajstić information content (AvgIpc) is 2.90. The molecule has 2 aromatic carbocycles. The van der Waals surface area contributed by atoms with Crippen molar-refractivity contribution in [1.82, 2.24) is 9.78 Å². The molecule has 4 rings (SSSR count). The highest BCUT2D eigenvalue weighted by Crippen LogP contribution is 2.37. The lowest BCUT2D eigenvalue weighted by Gasteiger charge is -2.12. The molecule has 1 amide bonds. The lowest BCUT2D eigenvalue weighted by molar-refractivity contribution is -0.117. The predicted molar refractivity (Wildman–Crippen MR) is 102 cm³/mol. The molecule has 0 atom stereocenters. The Labute approximate surface area is 168 Å². The van der Waals surface area contributed by atoms with E-state index >= 15 is 0 Å². The molecule has 1 aromatic heterocycles. The summed E-state index contributed by atoms with van der Waals surface area (Å²) in [5, 5.41) is 6.85. The Hall–Kier alpha value is -3.33. The van der Waals surface area contributed by atoms with Gasteiger partial charge in [-0.1, -0.05) is 11.6 Å². The first-order chi connectivity index (χ1) is 14.0. The molecule has 8 nitrogen and oxygen atoms in total. The van der Waals surface area contributed by atoms with Gasteiger partial charge in [-0.15, -0.1) is 5.10 Å². The van der Waals surface area contributed by atoms with Crippen molar-refractivity contribution in [3.8, 4) is 23.0 Å². The molecule has 1 aliphatic heterocycles. The highest BCUT2D eigenvalue weighted by atomic mass is 35.5. The minimum absolute atomic E-state index is 0.0172. The Morgan fingerprint density at radius 1 is 1.17 bits per heavy atom. The molecule has 29 heavy (non-hydrogen) atoms. The molecule has 2 heterocycles. The van der Waals surface area contributed by atoms with Crippen LogP contribution in [0.5, 0.6) is 11.5 Å². The van der Waals surface area contributed by atoms with Crippen LogP contribution in [-0.4, -0.2) is 28.9 Å². The minimum Gasteiger partial charge on any atom is -0.490 e. The largest absolute Gasteiger partial charge is 0.490 e. The van der Waals surface area contributed by atoms with Gasteiger partial charge >= 0.3 is 5.76 Å². The number of rotatable bonds is 4. The van der Waals surface area contributed by atoms with Crippen LogP contribution < -0.4 is 20.5 Å². The van der Waals surface area contributed by atoms with Gasteiger partial charge in [0.1, 0.15) is 12.4 Å². The Kier molecular flexibility index (Phi) is 5.22. The quantitative estimate of drug-likeness (QED) is 0.698. The normalized spacial score (nSPS) is 13.0. The number of anilines is 1. The van der Waals surface area contributed by atoms with Gasteiger partial charge in [0.15, 0.2) is 11.5 Å². The van der Waals surface area contributed by atoms with E-state index < -0.39 is 24.0 Å². The minimum atomic E-state index is -0.816. The first-order valence-electron chi connectivity index (χ1n) is 8.72. The van der Waals surface area contributed by atoms with Gasteiger partial charge in [0.05, 0.1) is 23.9 Å². The highest BCUT2D eigenvalue weighted by molar-refractivity contribution is 6.34. The molecule has 150 valence electrons. The van der Waals surface area contributed by atoms with Gasteiger partial charge in [-0.05, 0) is 24.3 Å². The summed E-state index contributed by atoms with van der Waals surface area (Å²) < 4.78 is 30.0. The molecule has 0 fully saturated rings. The second-order valence-electron chi connectivity index (χ2n) is 6.22. The van der Waals surface area contributed by atoms with E-state index in [4.69, 9.17) is 25.5 Å². The summed E-state index contributed by atoms with van der Waals surface area (Å²) >= 11 is 6.21. The Balaban J connectivity index is 1.50. The number of nitrogens with zero attached hydrogens (tertiary/aromatic N) is 2. The lowest BCUT2D eigenvalue weighted by atomic mass is 10.2. The van der Waals surface area contributed by atoms with E-state index in [1.165, 1.54) is 24.3 Å². The Morgan fingerprint density at radius 2 is 1.86 bits per heavy atom. The molecule has 0 saturated carbocycles. The second kappa shape index (κ2) is 7.96. The number of carbonyl (C=O) groups is 1. The van der Waals surface area contributed by atoms with Gasteiger partial charge in [0.2, 0.25) is 11.8 Å². The van der Waals surface area contributed by atoms with Crippen LogP contribution in [0.1, 0.15) is 6.42 Å². The van der Waals surface area contributed by atoms with Crippen LogP contribution in [0.3, 0.4) is 0 Å². The van der Waals surface area contributed by atoms with Crippen molar-refractivity contribution in [2.45, 2.75) is 13.0 Å². The molecule has 0 spiro atoms. The topological polar surface area (TPSA) is 95.6 Å². The van der Waals surface area contributed by atoms with Gasteiger partial charge in [-0.3, -0.25) is 4.79 Å². The first kappa shape index (κ1) is 19.0. The lowest BCUT2D eigenvalue weighted by Crippen LogP contribution is -2.26. The molecule has 0 radical (unpaired) electrons. The maximum atomic E-state index is 13.0. The summed E-state index contributed by atoms with van der Waals surface area (Å²) in [6.07, 6.45) is 0.736. The molecular weight excluding hydrogens is 405 g/mol. The van der Waals surface area contributed by atoms with Gasteiger partial charge in [0, 0.05) is 24.1 Å². The van der Waals surface area contributed by atoms with Crippen molar-refractivity contribution in [2.75, 3.05) is 18.5 Å². The monoisotopic (exact) mass is 419 g/mol. The van der Waals surface area contributed by atoms with E-state index in [-0.39, 0.29) is 10.9 Å². The number of ether oxygens (including phenoxy) is 2. The zero-order valence-corrected chi connectivity index (χ0v) is 15.7. The van der Waals surface area contributed by atoms with E-state index in [9.17, 15) is 14.0 Å². The number of hydrogen-bond acceptors (Lipinski definition) is 6. The maximum absolute atomic E-state index is 13.0. The zero-order valence-electron chi connectivity index (χ0n) is 15.0. The summed E-state index contributed by atoms with van der Waals surface area (Å²) in [6, 6.07) is 8.40. The number of halogens is 2. The number of amides is 1. The molecular formula is C19H15ClFN3O5. The van der Waals surface area contributed by atoms with Crippen molar-refractivity contribution in [1.29, 1.82) is 0 Å². The molecule has 3 aromatic rings. The van der Waals surface area contributed by atoms with E-state index in [0.717, 1.165) is 11.1 Å². The van der Waals surface area contributed by atoms with E-state index in [1.54, 1.807) is 12.1 Å². The summed E-state index contributed by atoms with van der Waals surface area (Å²) in [5.74, 6) is -0.827. The van der Waals surface area contributed by atoms with Crippen LogP contribution in [0.15, 0.2) is 45.6 Å². The van der Waals surface area contributed by atoms with Crippen LogP contribution in [0, 0.1) is 5.82 Å². The zero-order chi connectivity index (χ0) is 20.4. The van der Waals surface area contributed by atoms with Gasteiger partial charge in [0.25, 0.3) is 0 Å². The van der Waals surface area contributed by atoms with Crippen molar-refractivity contribution in [3.05, 3.63) is 57.8 Å². The number of benzene rings is 2. The molecule has 1 N–H and O–H groups in total. The average molecular weight is 420 g/mol. The molecule has 1 aliphatic rings. The van der Waals surface area contributed by atoms with E-state index in [0.29, 0.717) is 36.0 Å². The third-order valence-electron chi connectivity index (χ3n) is 4.10. The number of nitrogens with one attached hydrogen (secondary N) is 1. The predicted octanol–water partition coefficient (Wildman–Crippen LogP) is 3.10. The molecule has 0 aliphatic carbocycles. The number of hydrogen-bond donors (Lipinski definition) is 1. The fourth-order valence-corrected chi connectivity index (χ4v) is 2.92. The molecule has 0 saturated heterocycles. The second-order valence-corrected chi connectivity index (χ2v) is 6.62. The fraction of sp³-hybridized carbons (Fsp3) is 0.211.